The molecule has 4 aromatic heterocycles. The molecule has 1 aliphatic rings. The zero-order valence-corrected chi connectivity index (χ0v) is 20.8. The zero-order chi connectivity index (χ0) is 26.4. The molecule has 4 atom stereocenters. The summed E-state index contributed by atoms with van der Waals surface area (Å²) < 4.78 is 30.7. The van der Waals surface area contributed by atoms with E-state index in [2.05, 4.69) is 25.4 Å². The first kappa shape index (κ1) is 24.1. The SMILES string of the molecule is CCn1ccc(-c2cn([C@@H]3O[C@H](COc4ccc5ccc(NC)nc5c4)[C@@H](O)[C@@H]3F)c3ncnc(N)c23)n1. The molecule has 0 radical (unpaired) electrons. The lowest BCUT2D eigenvalue weighted by Gasteiger charge is -2.17. The molecule has 0 aliphatic carbocycles. The smallest absolute Gasteiger partial charge is 0.173 e. The number of halogens is 1. The quantitative estimate of drug-likeness (QED) is 0.297. The summed E-state index contributed by atoms with van der Waals surface area (Å²) in [6, 6.07) is 11.2. The molecule has 1 saturated heterocycles. The number of aromatic nitrogens is 6. The molecule has 1 aliphatic heterocycles. The van der Waals surface area contributed by atoms with Crippen LogP contribution in [0.5, 0.6) is 5.75 Å². The van der Waals surface area contributed by atoms with Crippen molar-refractivity contribution in [2.45, 2.75) is 38.1 Å². The Morgan fingerprint density at radius 2 is 2.05 bits per heavy atom. The van der Waals surface area contributed by atoms with Crippen LogP contribution in [0.3, 0.4) is 0 Å². The molecule has 1 aromatic carbocycles. The van der Waals surface area contributed by atoms with Crippen LogP contribution in [0.4, 0.5) is 16.0 Å². The van der Waals surface area contributed by atoms with Crippen LogP contribution in [0.1, 0.15) is 13.2 Å². The van der Waals surface area contributed by atoms with Crippen LogP contribution in [0, 0.1) is 0 Å². The van der Waals surface area contributed by atoms with Crippen LogP contribution in [0.25, 0.3) is 33.2 Å². The molecule has 0 amide bonds. The van der Waals surface area contributed by atoms with Crippen molar-refractivity contribution in [1.29, 1.82) is 0 Å². The molecule has 6 rings (SSSR count). The van der Waals surface area contributed by atoms with E-state index in [0.717, 1.165) is 16.7 Å². The van der Waals surface area contributed by atoms with Crippen LogP contribution < -0.4 is 15.8 Å². The fraction of sp³-hybridized carbons (Fsp3) is 0.308. The van der Waals surface area contributed by atoms with Crippen LogP contribution in [0.2, 0.25) is 0 Å². The van der Waals surface area contributed by atoms with Gasteiger partial charge in [0.2, 0.25) is 0 Å². The first-order valence-corrected chi connectivity index (χ1v) is 12.3. The number of alkyl halides is 1. The van der Waals surface area contributed by atoms with Gasteiger partial charge < -0.3 is 30.2 Å². The molecule has 1 fully saturated rings. The summed E-state index contributed by atoms with van der Waals surface area (Å²) in [5.74, 6) is 1.51. The van der Waals surface area contributed by atoms with Gasteiger partial charge in [0, 0.05) is 43.0 Å². The van der Waals surface area contributed by atoms with Crippen molar-refractivity contribution in [3.63, 3.8) is 0 Å². The molecule has 4 N–H and O–H groups in total. The molecule has 0 saturated carbocycles. The second kappa shape index (κ2) is 9.54. The van der Waals surface area contributed by atoms with Crippen molar-refractivity contribution in [3.05, 3.63) is 55.1 Å². The van der Waals surface area contributed by atoms with Crippen molar-refractivity contribution in [2.24, 2.45) is 0 Å². The second-order valence-electron chi connectivity index (χ2n) is 9.08. The maximum atomic E-state index is 15.5. The molecule has 11 nitrogen and oxygen atoms in total. The highest BCUT2D eigenvalue weighted by Crippen LogP contribution is 2.39. The summed E-state index contributed by atoms with van der Waals surface area (Å²) in [7, 11) is 1.80. The standard InChI is InChI=1S/C26H27FN8O3/c1-3-34-9-8-17(33-34)16-11-35(25-21(16)24(28)30-13-31-25)26-22(27)23(36)19(38-26)12-37-15-6-4-14-5-7-20(29-2)32-18(14)10-15/h4-11,13,19,22-23,26,36H,3,12H2,1-2H3,(H,29,32)(H2,28,30,31)/t19-,22+,23-,26-/m1/s1. The van der Waals surface area contributed by atoms with Gasteiger partial charge in [0.05, 0.1) is 16.6 Å². The highest BCUT2D eigenvalue weighted by atomic mass is 19.1. The van der Waals surface area contributed by atoms with Gasteiger partial charge in [-0.3, -0.25) is 4.68 Å². The highest BCUT2D eigenvalue weighted by Gasteiger charge is 2.46. The summed E-state index contributed by atoms with van der Waals surface area (Å²) in [5.41, 5.74) is 8.63. The Hall–Kier alpha value is -4.29. The molecule has 5 aromatic rings. The number of nitrogen functional groups attached to an aromatic ring is 1. The normalized spacial score (nSPS) is 21.4. The van der Waals surface area contributed by atoms with Gasteiger partial charge in [-0.2, -0.15) is 5.10 Å². The number of hydrogen-bond acceptors (Lipinski definition) is 9. The Labute approximate surface area is 217 Å². The average Bonchev–Trinajstić information content (AvgIpc) is 3.64. The number of nitrogens with two attached hydrogens (primary N) is 1. The van der Waals surface area contributed by atoms with E-state index in [1.54, 1.807) is 34.6 Å². The number of ether oxygens (including phenoxy) is 2. The predicted octanol–water partition coefficient (Wildman–Crippen LogP) is 3.16. The number of benzene rings is 1. The summed E-state index contributed by atoms with van der Waals surface area (Å²) in [6.45, 7) is 2.62. The van der Waals surface area contributed by atoms with Crippen molar-refractivity contribution in [3.8, 4) is 17.0 Å². The Morgan fingerprint density at radius 1 is 1.21 bits per heavy atom. The lowest BCUT2D eigenvalue weighted by Crippen LogP contribution is -2.32. The van der Waals surface area contributed by atoms with Crippen LogP contribution in [-0.4, -0.2) is 66.4 Å². The van der Waals surface area contributed by atoms with Crippen LogP contribution >= 0.6 is 0 Å². The van der Waals surface area contributed by atoms with Crippen molar-refractivity contribution in [1.82, 2.24) is 29.3 Å². The molecule has 0 unspecified atom stereocenters. The van der Waals surface area contributed by atoms with Crippen molar-refractivity contribution >= 4 is 33.6 Å². The van der Waals surface area contributed by atoms with Crippen LogP contribution in [-0.2, 0) is 11.3 Å². The van der Waals surface area contributed by atoms with Gasteiger partial charge in [0.15, 0.2) is 12.4 Å². The van der Waals surface area contributed by atoms with Gasteiger partial charge in [0.25, 0.3) is 0 Å². The minimum atomic E-state index is -1.73. The van der Waals surface area contributed by atoms with Crippen molar-refractivity contribution in [2.75, 3.05) is 24.7 Å². The fourth-order valence-electron chi connectivity index (χ4n) is 4.75. The maximum absolute atomic E-state index is 15.5. The maximum Gasteiger partial charge on any atom is 0.173 e. The number of rotatable bonds is 7. The number of hydrogen-bond donors (Lipinski definition) is 3. The van der Waals surface area contributed by atoms with E-state index in [4.69, 9.17) is 15.2 Å². The Balaban J connectivity index is 1.27. The molecule has 5 heterocycles. The molecular weight excluding hydrogens is 491 g/mol. The zero-order valence-electron chi connectivity index (χ0n) is 20.8. The van der Waals surface area contributed by atoms with Gasteiger partial charge in [-0.25, -0.2) is 19.3 Å². The summed E-state index contributed by atoms with van der Waals surface area (Å²) in [6.07, 6.45) is -0.340. The van der Waals surface area contributed by atoms with Gasteiger partial charge in [0.1, 0.15) is 48.2 Å². The minimum absolute atomic E-state index is 0.0562. The first-order valence-electron chi connectivity index (χ1n) is 12.3. The summed E-state index contributed by atoms with van der Waals surface area (Å²) in [5, 5.41) is 19.8. The highest BCUT2D eigenvalue weighted by molar-refractivity contribution is 5.99. The van der Waals surface area contributed by atoms with E-state index in [9.17, 15) is 5.11 Å². The van der Waals surface area contributed by atoms with Gasteiger partial charge in [-0.05, 0) is 37.3 Å². The fourth-order valence-corrected chi connectivity index (χ4v) is 4.75. The van der Waals surface area contributed by atoms with Gasteiger partial charge >= 0.3 is 0 Å². The number of pyridine rings is 1. The molecule has 196 valence electrons. The molecule has 0 bridgehead atoms. The van der Waals surface area contributed by atoms with Gasteiger partial charge in [-0.15, -0.1) is 0 Å². The molecule has 12 heteroatoms. The number of nitrogens with zero attached hydrogens (tertiary/aromatic N) is 6. The monoisotopic (exact) mass is 518 g/mol. The van der Waals surface area contributed by atoms with E-state index < -0.39 is 24.6 Å². The number of anilines is 2. The number of aliphatic hydroxyl groups excluding tert-OH is 1. The van der Waals surface area contributed by atoms with E-state index in [1.807, 2.05) is 37.4 Å². The molecule has 38 heavy (non-hydrogen) atoms. The van der Waals surface area contributed by atoms with E-state index in [-0.39, 0.29) is 12.4 Å². The minimum Gasteiger partial charge on any atom is -0.491 e. The lowest BCUT2D eigenvalue weighted by molar-refractivity contribution is -0.0410. The molecule has 0 spiro atoms. The lowest BCUT2D eigenvalue weighted by atomic mass is 10.1. The Bertz CT molecular complexity index is 1620. The number of nitrogens with one attached hydrogen (secondary N) is 1. The topological polar surface area (TPSA) is 138 Å². The Morgan fingerprint density at radius 3 is 2.84 bits per heavy atom. The number of aryl methyl sites for hydroxylation is 1. The molecular formula is C26H27FN8O3. The number of fused-ring (bicyclic) bond motifs is 2. The van der Waals surface area contributed by atoms with Gasteiger partial charge in [-0.1, -0.05) is 0 Å². The van der Waals surface area contributed by atoms with E-state index in [1.165, 1.54) is 6.33 Å². The third-order valence-corrected chi connectivity index (χ3v) is 6.78. The average molecular weight is 519 g/mol. The Kier molecular flexibility index (Phi) is 6.04. The van der Waals surface area contributed by atoms with Crippen molar-refractivity contribution < 1.29 is 19.0 Å². The summed E-state index contributed by atoms with van der Waals surface area (Å²) >= 11 is 0. The number of aliphatic hydroxyl groups is 1. The van der Waals surface area contributed by atoms with E-state index in [0.29, 0.717) is 34.6 Å². The van der Waals surface area contributed by atoms with Crippen LogP contribution in [0.15, 0.2) is 55.1 Å². The third kappa shape index (κ3) is 4.07. The first-order chi connectivity index (χ1) is 18.5. The third-order valence-electron chi connectivity index (χ3n) is 6.78. The second-order valence-corrected chi connectivity index (χ2v) is 9.08. The summed E-state index contributed by atoms with van der Waals surface area (Å²) in [4.78, 5) is 13.0. The van der Waals surface area contributed by atoms with E-state index >= 15 is 4.39 Å². The predicted molar refractivity (Wildman–Crippen MR) is 140 cm³/mol. The largest absolute Gasteiger partial charge is 0.491 e.